The first-order valence-corrected chi connectivity index (χ1v) is 4.39. The maximum atomic E-state index is 11.0. The van der Waals surface area contributed by atoms with E-state index in [1.807, 2.05) is 24.3 Å². The molecule has 0 aliphatic carbocycles. The molecule has 1 aromatic rings. The maximum Gasteiger partial charge on any atom is 0.263 e. The molecule has 2 unspecified atom stereocenters. The Balaban J connectivity index is 1.99. The van der Waals surface area contributed by atoms with Gasteiger partial charge in [0.1, 0.15) is 5.75 Å². The molecule has 1 aromatic carbocycles. The number of hydrogen-bond acceptors (Lipinski definition) is 2. The van der Waals surface area contributed by atoms with Crippen molar-refractivity contribution in [3.05, 3.63) is 29.8 Å². The molecule has 1 amide bonds. The molecule has 1 N–H and O–H groups in total. The molecule has 0 saturated carbocycles. The van der Waals surface area contributed by atoms with Crippen molar-refractivity contribution in [1.29, 1.82) is 0 Å². The summed E-state index contributed by atoms with van der Waals surface area (Å²) < 4.78 is 5.53. The fourth-order valence-electron chi connectivity index (χ4n) is 1.88. The number of para-hydroxylation sites is 1. The van der Waals surface area contributed by atoms with Crippen molar-refractivity contribution in [2.24, 2.45) is 0 Å². The molecule has 3 nitrogen and oxygen atoms in total. The van der Waals surface area contributed by atoms with Gasteiger partial charge in [-0.15, -0.1) is 0 Å². The highest BCUT2D eigenvalue weighted by Crippen LogP contribution is 2.30. The summed E-state index contributed by atoms with van der Waals surface area (Å²) in [5.41, 5.74) is 1.18. The van der Waals surface area contributed by atoms with Crippen LogP contribution in [0.25, 0.3) is 0 Å². The average molecular weight is 175 g/mol. The quantitative estimate of drug-likeness (QED) is 0.583. The van der Waals surface area contributed by atoms with Gasteiger partial charge in [0.2, 0.25) is 0 Å². The lowest BCUT2D eigenvalue weighted by Gasteiger charge is -2.40. The van der Waals surface area contributed by atoms with Crippen LogP contribution in [0.2, 0.25) is 0 Å². The number of carbonyl (C=O) groups excluding carboxylic acids is 1. The van der Waals surface area contributed by atoms with E-state index in [1.165, 1.54) is 5.56 Å². The van der Waals surface area contributed by atoms with Crippen LogP contribution in [0.15, 0.2) is 24.3 Å². The van der Waals surface area contributed by atoms with Crippen molar-refractivity contribution in [2.75, 3.05) is 0 Å². The Morgan fingerprint density at radius 2 is 2.23 bits per heavy atom. The van der Waals surface area contributed by atoms with Crippen LogP contribution in [0.4, 0.5) is 0 Å². The largest absolute Gasteiger partial charge is 0.478 e. The molecule has 0 radical (unpaired) electrons. The first-order chi connectivity index (χ1) is 6.34. The van der Waals surface area contributed by atoms with E-state index in [-0.39, 0.29) is 18.1 Å². The average Bonchev–Trinajstić information content (AvgIpc) is 2.16. The Hall–Kier alpha value is -1.51. The van der Waals surface area contributed by atoms with Crippen molar-refractivity contribution in [2.45, 2.75) is 18.6 Å². The fourth-order valence-corrected chi connectivity index (χ4v) is 1.88. The fraction of sp³-hybridized carbons (Fsp3) is 0.300. The third kappa shape index (κ3) is 0.869. The van der Waals surface area contributed by atoms with Crippen LogP contribution in [-0.4, -0.2) is 18.1 Å². The molecule has 0 aromatic heterocycles. The minimum atomic E-state index is -0.241. The molecule has 2 aliphatic heterocycles. The van der Waals surface area contributed by atoms with E-state index in [9.17, 15) is 4.79 Å². The van der Waals surface area contributed by atoms with Crippen LogP contribution < -0.4 is 10.1 Å². The molecule has 13 heavy (non-hydrogen) atoms. The number of benzene rings is 1. The number of ether oxygens (including phenoxy) is 1. The summed E-state index contributed by atoms with van der Waals surface area (Å²) in [4.78, 5) is 11.0. The zero-order valence-corrected chi connectivity index (χ0v) is 6.99. The maximum absolute atomic E-state index is 11.0. The SMILES string of the molecule is O=C1NC2Cc3ccccc3OC12. The summed E-state index contributed by atoms with van der Waals surface area (Å²) in [6, 6.07) is 8.06. The Morgan fingerprint density at radius 1 is 1.38 bits per heavy atom. The van der Waals surface area contributed by atoms with E-state index in [4.69, 9.17) is 4.74 Å². The van der Waals surface area contributed by atoms with Crippen LogP contribution in [0.3, 0.4) is 0 Å². The first kappa shape index (κ1) is 6.95. The van der Waals surface area contributed by atoms with Crippen LogP contribution in [0, 0.1) is 0 Å². The lowest BCUT2D eigenvalue weighted by Crippen LogP contribution is -2.67. The summed E-state index contributed by atoms with van der Waals surface area (Å²) in [6.45, 7) is 0. The van der Waals surface area contributed by atoms with Crippen LogP contribution >= 0.6 is 0 Å². The van der Waals surface area contributed by atoms with Crippen LogP contribution in [0.1, 0.15) is 5.56 Å². The van der Waals surface area contributed by atoms with Crippen LogP contribution in [-0.2, 0) is 11.2 Å². The lowest BCUT2D eigenvalue weighted by atomic mass is 9.91. The molecule has 2 aliphatic rings. The molecule has 1 saturated heterocycles. The number of rotatable bonds is 0. The number of fused-ring (bicyclic) bond motifs is 2. The minimum absolute atomic E-state index is 0.0134. The van der Waals surface area contributed by atoms with Gasteiger partial charge in [0.15, 0.2) is 6.10 Å². The molecular weight excluding hydrogens is 166 g/mol. The highest BCUT2D eigenvalue weighted by Gasteiger charge is 2.44. The molecule has 3 rings (SSSR count). The van der Waals surface area contributed by atoms with Gasteiger partial charge in [-0.25, -0.2) is 0 Å². The molecule has 0 spiro atoms. The van der Waals surface area contributed by atoms with E-state index < -0.39 is 0 Å². The number of hydrogen-bond donors (Lipinski definition) is 1. The van der Waals surface area contributed by atoms with Crippen LogP contribution in [0.5, 0.6) is 5.75 Å². The normalized spacial score (nSPS) is 29.1. The molecule has 2 atom stereocenters. The van der Waals surface area contributed by atoms with Crippen molar-refractivity contribution in [1.82, 2.24) is 5.32 Å². The van der Waals surface area contributed by atoms with E-state index in [0.717, 1.165) is 12.2 Å². The summed E-state index contributed by atoms with van der Waals surface area (Å²) in [5.74, 6) is 0.873. The second-order valence-corrected chi connectivity index (χ2v) is 3.47. The van der Waals surface area contributed by atoms with Gasteiger partial charge in [0.25, 0.3) is 5.91 Å². The van der Waals surface area contributed by atoms with Gasteiger partial charge in [-0.2, -0.15) is 0 Å². The number of amides is 1. The zero-order valence-electron chi connectivity index (χ0n) is 6.99. The molecular formula is C10H9NO2. The second kappa shape index (κ2) is 2.25. The zero-order chi connectivity index (χ0) is 8.84. The molecule has 66 valence electrons. The summed E-state index contributed by atoms with van der Waals surface area (Å²) in [7, 11) is 0. The monoisotopic (exact) mass is 175 g/mol. The van der Waals surface area contributed by atoms with E-state index >= 15 is 0 Å². The van der Waals surface area contributed by atoms with Crippen molar-refractivity contribution in [3.63, 3.8) is 0 Å². The predicted molar refractivity (Wildman–Crippen MR) is 46.5 cm³/mol. The van der Waals surface area contributed by atoms with Gasteiger partial charge >= 0.3 is 0 Å². The highest BCUT2D eigenvalue weighted by atomic mass is 16.5. The smallest absolute Gasteiger partial charge is 0.263 e. The lowest BCUT2D eigenvalue weighted by molar-refractivity contribution is -0.141. The number of β-lactam (4-membered cyclic amide) rings is 1. The Bertz CT molecular complexity index is 375. The Morgan fingerprint density at radius 3 is 3.08 bits per heavy atom. The standard InChI is InChI=1S/C10H9NO2/c12-10-9-7(11-10)5-6-3-1-2-4-8(6)13-9/h1-4,7,9H,5H2,(H,11,12). The Labute approximate surface area is 75.7 Å². The summed E-state index contributed by atoms with van der Waals surface area (Å²) >= 11 is 0. The third-order valence-electron chi connectivity index (χ3n) is 2.62. The van der Waals surface area contributed by atoms with Crippen molar-refractivity contribution >= 4 is 5.91 Å². The van der Waals surface area contributed by atoms with Gasteiger partial charge in [-0.3, -0.25) is 4.79 Å². The molecule has 2 heterocycles. The molecule has 0 bridgehead atoms. The van der Waals surface area contributed by atoms with E-state index in [1.54, 1.807) is 0 Å². The highest BCUT2D eigenvalue weighted by molar-refractivity contribution is 5.89. The summed E-state index contributed by atoms with van der Waals surface area (Å²) in [5, 5.41) is 2.82. The van der Waals surface area contributed by atoms with E-state index in [2.05, 4.69) is 5.32 Å². The molecule has 1 fully saturated rings. The third-order valence-corrected chi connectivity index (χ3v) is 2.62. The predicted octanol–water partition coefficient (Wildman–Crippen LogP) is 0.488. The Kier molecular flexibility index (Phi) is 1.20. The summed E-state index contributed by atoms with van der Waals surface area (Å²) in [6.07, 6.45) is 0.655. The van der Waals surface area contributed by atoms with E-state index in [0.29, 0.717) is 0 Å². The molecule has 3 heteroatoms. The minimum Gasteiger partial charge on any atom is -0.478 e. The van der Waals surface area contributed by atoms with Crippen molar-refractivity contribution in [3.8, 4) is 5.75 Å². The second-order valence-electron chi connectivity index (χ2n) is 3.47. The van der Waals surface area contributed by atoms with Gasteiger partial charge in [-0.1, -0.05) is 18.2 Å². The van der Waals surface area contributed by atoms with Gasteiger partial charge in [-0.05, 0) is 11.6 Å². The topological polar surface area (TPSA) is 38.3 Å². The number of carbonyl (C=O) groups is 1. The number of nitrogens with one attached hydrogen (secondary N) is 1. The van der Waals surface area contributed by atoms with Crippen molar-refractivity contribution < 1.29 is 9.53 Å². The first-order valence-electron chi connectivity index (χ1n) is 4.39. The van der Waals surface area contributed by atoms with Gasteiger partial charge in [0, 0.05) is 6.42 Å². The van der Waals surface area contributed by atoms with Gasteiger partial charge in [0.05, 0.1) is 6.04 Å². The van der Waals surface area contributed by atoms with Gasteiger partial charge < -0.3 is 10.1 Å².